The maximum Gasteiger partial charge on any atom is 0.310 e. The van der Waals surface area contributed by atoms with Crippen LogP contribution in [-0.2, 0) is 4.79 Å². The van der Waals surface area contributed by atoms with Gasteiger partial charge in [-0.25, -0.2) is 5.10 Å². The second kappa shape index (κ2) is 5.35. The Morgan fingerprint density at radius 2 is 1.90 bits per heavy atom. The van der Waals surface area contributed by atoms with Crippen LogP contribution >= 0.6 is 0 Å². The lowest BCUT2D eigenvalue weighted by Gasteiger charge is -2.19. The lowest BCUT2D eigenvalue weighted by molar-refractivity contribution is -0.146. The van der Waals surface area contributed by atoms with Crippen molar-refractivity contribution in [2.75, 3.05) is 6.54 Å². The SMILES string of the molecule is CC(C)(CNC(=O)c1n[nH]c(=O)c2ccccc12)C(=O)O. The van der Waals surface area contributed by atoms with Crippen LogP contribution in [0.25, 0.3) is 10.8 Å². The molecule has 7 heteroatoms. The molecule has 0 aliphatic heterocycles. The van der Waals surface area contributed by atoms with Gasteiger partial charge in [-0.1, -0.05) is 18.2 Å². The van der Waals surface area contributed by atoms with Crippen LogP contribution in [0.1, 0.15) is 24.3 Å². The molecule has 0 saturated carbocycles. The highest BCUT2D eigenvalue weighted by molar-refractivity contribution is 6.04. The number of rotatable bonds is 4. The fraction of sp³-hybridized carbons (Fsp3) is 0.286. The number of H-pyrrole nitrogens is 1. The number of carboxylic acid groups (broad SMARTS) is 1. The molecule has 2 rings (SSSR count). The normalized spacial score (nSPS) is 11.3. The molecule has 7 nitrogen and oxygen atoms in total. The van der Waals surface area contributed by atoms with Crippen LogP contribution in [-0.4, -0.2) is 33.7 Å². The van der Waals surface area contributed by atoms with Crippen molar-refractivity contribution < 1.29 is 14.7 Å². The van der Waals surface area contributed by atoms with Crippen molar-refractivity contribution >= 4 is 22.6 Å². The number of aromatic amines is 1. The van der Waals surface area contributed by atoms with Crippen LogP contribution in [0.3, 0.4) is 0 Å². The Kier molecular flexibility index (Phi) is 3.75. The van der Waals surface area contributed by atoms with E-state index < -0.39 is 17.3 Å². The van der Waals surface area contributed by atoms with Gasteiger partial charge >= 0.3 is 5.97 Å². The molecular weight excluding hydrogens is 274 g/mol. The Labute approximate surface area is 120 Å². The Balaban J connectivity index is 2.31. The highest BCUT2D eigenvalue weighted by Crippen LogP contribution is 2.15. The number of carbonyl (C=O) groups is 2. The molecule has 1 aromatic carbocycles. The van der Waals surface area contributed by atoms with Gasteiger partial charge in [0.05, 0.1) is 10.8 Å². The molecule has 0 radical (unpaired) electrons. The number of carboxylic acids is 1. The van der Waals surface area contributed by atoms with Gasteiger partial charge in [-0.05, 0) is 19.9 Å². The molecule has 0 spiro atoms. The lowest BCUT2D eigenvalue weighted by Crippen LogP contribution is -2.39. The fourth-order valence-electron chi connectivity index (χ4n) is 1.75. The Morgan fingerprint density at radius 3 is 2.52 bits per heavy atom. The van der Waals surface area contributed by atoms with Gasteiger partial charge in [0, 0.05) is 11.9 Å². The highest BCUT2D eigenvalue weighted by Gasteiger charge is 2.28. The first-order valence-corrected chi connectivity index (χ1v) is 6.32. The zero-order chi connectivity index (χ0) is 15.6. The predicted octanol–water partition coefficient (Wildman–Crippen LogP) is 0.764. The maximum atomic E-state index is 12.2. The number of aliphatic carboxylic acids is 1. The minimum atomic E-state index is -1.09. The molecule has 1 amide bonds. The predicted molar refractivity (Wildman–Crippen MR) is 76.1 cm³/mol. The van der Waals surface area contributed by atoms with E-state index in [0.29, 0.717) is 10.8 Å². The van der Waals surface area contributed by atoms with Crippen molar-refractivity contribution in [1.29, 1.82) is 0 Å². The van der Waals surface area contributed by atoms with Gasteiger partial charge in [0.15, 0.2) is 5.69 Å². The number of benzene rings is 1. The van der Waals surface area contributed by atoms with Crippen LogP contribution in [0.5, 0.6) is 0 Å². The van der Waals surface area contributed by atoms with E-state index in [1.165, 1.54) is 13.8 Å². The monoisotopic (exact) mass is 289 g/mol. The van der Waals surface area contributed by atoms with Crippen molar-refractivity contribution in [3.8, 4) is 0 Å². The van der Waals surface area contributed by atoms with Gasteiger partial charge in [0.25, 0.3) is 11.5 Å². The van der Waals surface area contributed by atoms with Gasteiger partial charge in [0.2, 0.25) is 0 Å². The summed E-state index contributed by atoms with van der Waals surface area (Å²) in [5.74, 6) is -1.54. The molecule has 1 heterocycles. The number of aromatic nitrogens is 2. The van der Waals surface area contributed by atoms with Gasteiger partial charge in [-0.3, -0.25) is 14.4 Å². The first kappa shape index (κ1) is 14.7. The molecule has 21 heavy (non-hydrogen) atoms. The maximum absolute atomic E-state index is 12.2. The summed E-state index contributed by atoms with van der Waals surface area (Å²) in [6.45, 7) is 2.97. The summed E-state index contributed by atoms with van der Waals surface area (Å²) in [6, 6.07) is 6.59. The molecule has 0 atom stereocenters. The van der Waals surface area contributed by atoms with Crippen LogP contribution in [0, 0.1) is 5.41 Å². The van der Waals surface area contributed by atoms with E-state index in [4.69, 9.17) is 5.11 Å². The zero-order valence-corrected chi connectivity index (χ0v) is 11.6. The van der Waals surface area contributed by atoms with Crippen LogP contribution < -0.4 is 10.9 Å². The third-order valence-corrected chi connectivity index (χ3v) is 3.18. The third kappa shape index (κ3) is 2.91. The van der Waals surface area contributed by atoms with Crippen molar-refractivity contribution in [2.45, 2.75) is 13.8 Å². The van der Waals surface area contributed by atoms with E-state index >= 15 is 0 Å². The lowest BCUT2D eigenvalue weighted by atomic mass is 9.94. The molecule has 0 aliphatic carbocycles. The second-order valence-corrected chi connectivity index (χ2v) is 5.32. The molecule has 1 aromatic heterocycles. The van der Waals surface area contributed by atoms with E-state index in [2.05, 4.69) is 15.5 Å². The minimum Gasteiger partial charge on any atom is -0.481 e. The summed E-state index contributed by atoms with van der Waals surface area (Å²) in [4.78, 5) is 34.8. The van der Waals surface area contributed by atoms with Gasteiger partial charge in [-0.15, -0.1) is 0 Å². The summed E-state index contributed by atoms with van der Waals surface area (Å²) in [6.07, 6.45) is 0. The average molecular weight is 289 g/mol. The van der Waals surface area contributed by atoms with Gasteiger partial charge < -0.3 is 10.4 Å². The van der Waals surface area contributed by atoms with Crippen LogP contribution in [0.4, 0.5) is 0 Å². The van der Waals surface area contributed by atoms with Crippen molar-refractivity contribution in [3.63, 3.8) is 0 Å². The Bertz CT molecular complexity index is 764. The smallest absolute Gasteiger partial charge is 0.310 e. The first-order chi connectivity index (χ1) is 9.83. The number of nitrogens with zero attached hydrogens (tertiary/aromatic N) is 1. The number of fused-ring (bicyclic) bond motifs is 1. The standard InChI is InChI=1S/C14H15N3O4/c1-14(2,13(20)21)7-15-12(19)10-8-5-3-4-6-9(8)11(18)17-16-10/h3-6H,7H2,1-2H3,(H,15,19)(H,17,18)(H,20,21). The fourth-order valence-corrected chi connectivity index (χ4v) is 1.75. The van der Waals surface area contributed by atoms with Crippen molar-refractivity contribution in [1.82, 2.24) is 15.5 Å². The number of nitrogens with one attached hydrogen (secondary N) is 2. The molecule has 0 bridgehead atoms. The second-order valence-electron chi connectivity index (χ2n) is 5.32. The Hall–Kier alpha value is -2.70. The molecule has 2 aromatic rings. The minimum absolute atomic E-state index is 0.0453. The topological polar surface area (TPSA) is 112 Å². The number of carbonyl (C=O) groups excluding carboxylic acids is 1. The Morgan fingerprint density at radius 1 is 1.29 bits per heavy atom. The van der Waals surface area contributed by atoms with E-state index in [9.17, 15) is 14.4 Å². The van der Waals surface area contributed by atoms with E-state index in [1.807, 2.05) is 0 Å². The zero-order valence-electron chi connectivity index (χ0n) is 11.6. The van der Waals surface area contributed by atoms with Crippen LogP contribution in [0.15, 0.2) is 29.1 Å². The summed E-state index contributed by atoms with van der Waals surface area (Å²) in [7, 11) is 0. The molecule has 3 N–H and O–H groups in total. The van der Waals surface area contributed by atoms with Gasteiger partial charge in [0.1, 0.15) is 0 Å². The van der Waals surface area contributed by atoms with E-state index in [-0.39, 0.29) is 17.8 Å². The summed E-state index contributed by atoms with van der Waals surface area (Å²) < 4.78 is 0. The first-order valence-electron chi connectivity index (χ1n) is 6.32. The molecule has 110 valence electrons. The molecule has 0 unspecified atom stereocenters. The molecule has 0 fully saturated rings. The highest BCUT2D eigenvalue weighted by atomic mass is 16.4. The van der Waals surface area contributed by atoms with Crippen molar-refractivity contribution in [2.24, 2.45) is 5.41 Å². The number of amides is 1. The largest absolute Gasteiger partial charge is 0.481 e. The van der Waals surface area contributed by atoms with Gasteiger partial charge in [-0.2, -0.15) is 5.10 Å². The molecule has 0 saturated heterocycles. The quantitative estimate of drug-likeness (QED) is 0.769. The molecular formula is C14H15N3O4. The molecule has 0 aliphatic rings. The average Bonchev–Trinajstić information content (AvgIpc) is 2.45. The van der Waals surface area contributed by atoms with Crippen LogP contribution in [0.2, 0.25) is 0 Å². The number of hydrogen-bond donors (Lipinski definition) is 3. The summed E-state index contributed by atoms with van der Waals surface area (Å²) >= 11 is 0. The third-order valence-electron chi connectivity index (χ3n) is 3.18. The summed E-state index contributed by atoms with van der Waals surface area (Å²) in [5.41, 5.74) is -1.41. The summed E-state index contributed by atoms with van der Waals surface area (Å²) in [5, 5.41) is 18.3. The van der Waals surface area contributed by atoms with E-state index in [1.54, 1.807) is 24.3 Å². The van der Waals surface area contributed by atoms with Crippen molar-refractivity contribution in [3.05, 3.63) is 40.3 Å². The van der Waals surface area contributed by atoms with E-state index in [0.717, 1.165) is 0 Å². The number of hydrogen-bond acceptors (Lipinski definition) is 4.